The van der Waals surface area contributed by atoms with Crippen molar-refractivity contribution in [1.82, 2.24) is 4.72 Å². The minimum atomic E-state index is -3.63. The molecule has 0 bridgehead atoms. The first-order chi connectivity index (χ1) is 13.0. The zero-order valence-corrected chi connectivity index (χ0v) is 16.6. The van der Waals surface area contributed by atoms with Crippen LogP contribution in [-0.4, -0.2) is 28.1 Å². The highest BCUT2D eigenvalue weighted by atomic mass is 32.2. The van der Waals surface area contributed by atoms with Crippen LogP contribution in [0.15, 0.2) is 47.4 Å². The molecule has 0 atom stereocenters. The van der Waals surface area contributed by atoms with Crippen LogP contribution in [0.2, 0.25) is 0 Å². The third kappa shape index (κ3) is 5.30. The minimum absolute atomic E-state index is 0.125. The van der Waals surface area contributed by atoms with Gasteiger partial charge >= 0.3 is 0 Å². The van der Waals surface area contributed by atoms with E-state index in [1.54, 1.807) is 6.92 Å². The van der Waals surface area contributed by atoms with Crippen LogP contribution in [0.5, 0.6) is 0 Å². The highest BCUT2D eigenvalue weighted by Gasteiger charge is 2.16. The molecule has 1 heterocycles. The molecule has 2 aromatic carbocycles. The van der Waals surface area contributed by atoms with E-state index in [4.69, 9.17) is 0 Å². The number of hydrogen-bond acceptors (Lipinski definition) is 3. The second-order valence-electron chi connectivity index (χ2n) is 7.13. The Morgan fingerprint density at radius 1 is 1.00 bits per heavy atom. The number of anilines is 1. The lowest BCUT2D eigenvalue weighted by atomic mass is 10.1. The normalized spacial score (nSPS) is 15.6. The lowest BCUT2D eigenvalue weighted by Gasteiger charge is -2.22. The molecule has 0 aliphatic carbocycles. The molecule has 146 valence electrons. The maximum atomic E-state index is 13.2. The van der Waals surface area contributed by atoms with Gasteiger partial charge in [0.05, 0.1) is 4.90 Å². The van der Waals surface area contributed by atoms with E-state index in [2.05, 4.69) is 33.9 Å². The molecule has 27 heavy (non-hydrogen) atoms. The van der Waals surface area contributed by atoms with Gasteiger partial charge in [0.25, 0.3) is 0 Å². The van der Waals surface area contributed by atoms with Crippen LogP contribution in [0.4, 0.5) is 10.1 Å². The lowest BCUT2D eigenvalue weighted by molar-refractivity contribution is 0.580. The number of aryl methyl sites for hydroxylation is 1. The van der Waals surface area contributed by atoms with Crippen LogP contribution in [0.3, 0.4) is 0 Å². The monoisotopic (exact) mass is 390 g/mol. The van der Waals surface area contributed by atoms with E-state index in [0.29, 0.717) is 18.5 Å². The van der Waals surface area contributed by atoms with Gasteiger partial charge in [-0.3, -0.25) is 0 Å². The Morgan fingerprint density at radius 3 is 2.30 bits per heavy atom. The van der Waals surface area contributed by atoms with E-state index in [9.17, 15) is 12.8 Å². The molecule has 1 saturated heterocycles. The predicted molar refractivity (Wildman–Crippen MR) is 107 cm³/mol. The Labute approximate surface area is 161 Å². The summed E-state index contributed by atoms with van der Waals surface area (Å²) in [6, 6.07) is 12.1. The van der Waals surface area contributed by atoms with Gasteiger partial charge in [-0.1, -0.05) is 25.0 Å². The molecule has 0 aromatic heterocycles. The van der Waals surface area contributed by atoms with Gasteiger partial charge in [-0.25, -0.2) is 17.5 Å². The fourth-order valence-electron chi connectivity index (χ4n) is 3.52. The molecule has 0 unspecified atom stereocenters. The maximum Gasteiger partial charge on any atom is 0.240 e. The Bertz CT molecular complexity index is 858. The van der Waals surface area contributed by atoms with Crippen molar-refractivity contribution in [1.29, 1.82) is 0 Å². The van der Waals surface area contributed by atoms with Crippen molar-refractivity contribution < 1.29 is 12.8 Å². The molecule has 3 rings (SSSR count). The van der Waals surface area contributed by atoms with Gasteiger partial charge < -0.3 is 4.90 Å². The van der Waals surface area contributed by atoms with Gasteiger partial charge in [0, 0.05) is 25.3 Å². The maximum absolute atomic E-state index is 13.2. The Balaban J connectivity index is 1.57. The van der Waals surface area contributed by atoms with Crippen molar-refractivity contribution in [2.75, 3.05) is 24.5 Å². The summed E-state index contributed by atoms with van der Waals surface area (Å²) in [5.41, 5.74) is 2.74. The summed E-state index contributed by atoms with van der Waals surface area (Å²) in [6.07, 6.45) is 5.71. The number of hydrogen-bond donors (Lipinski definition) is 1. The molecule has 0 spiro atoms. The number of benzene rings is 2. The van der Waals surface area contributed by atoms with Crippen molar-refractivity contribution >= 4 is 15.7 Å². The second kappa shape index (κ2) is 8.85. The predicted octanol–water partition coefficient (Wildman–Crippen LogP) is 4.04. The fraction of sp³-hybridized carbons (Fsp3) is 0.429. The molecule has 1 aliphatic rings. The smallest absolute Gasteiger partial charge is 0.240 e. The molecule has 2 aromatic rings. The van der Waals surface area contributed by atoms with E-state index in [0.717, 1.165) is 18.7 Å². The Hall–Kier alpha value is -1.92. The van der Waals surface area contributed by atoms with Gasteiger partial charge in [-0.2, -0.15) is 0 Å². The number of rotatable bonds is 6. The van der Waals surface area contributed by atoms with E-state index in [1.165, 1.54) is 49.6 Å². The summed E-state index contributed by atoms with van der Waals surface area (Å²) in [6.45, 7) is 4.12. The van der Waals surface area contributed by atoms with Crippen molar-refractivity contribution in [3.63, 3.8) is 0 Å². The molecule has 0 radical (unpaired) electrons. The standard InChI is InChI=1S/C21H27FN2O2S/c1-17-16-19(22)8-11-21(17)27(25,26)23-13-12-18-6-9-20(10-7-18)24-14-4-2-3-5-15-24/h6-11,16,23H,2-5,12-15H2,1H3. The fourth-order valence-corrected chi connectivity index (χ4v) is 4.78. The molecular weight excluding hydrogens is 363 g/mol. The third-order valence-electron chi connectivity index (χ3n) is 5.04. The van der Waals surface area contributed by atoms with Crippen LogP contribution in [0, 0.1) is 12.7 Å². The van der Waals surface area contributed by atoms with E-state index in [1.807, 2.05) is 0 Å². The highest BCUT2D eigenvalue weighted by Crippen LogP contribution is 2.20. The average Bonchev–Trinajstić information content (AvgIpc) is 2.91. The van der Waals surface area contributed by atoms with Crippen LogP contribution in [0.1, 0.15) is 36.8 Å². The second-order valence-corrected chi connectivity index (χ2v) is 8.86. The van der Waals surface area contributed by atoms with Crippen LogP contribution >= 0.6 is 0 Å². The summed E-state index contributed by atoms with van der Waals surface area (Å²) < 4.78 is 40.6. The van der Waals surface area contributed by atoms with E-state index >= 15 is 0 Å². The number of nitrogens with one attached hydrogen (secondary N) is 1. The third-order valence-corrected chi connectivity index (χ3v) is 6.66. The molecule has 0 amide bonds. The molecule has 1 fully saturated rings. The number of halogens is 1. The van der Waals surface area contributed by atoms with Crippen LogP contribution in [0.25, 0.3) is 0 Å². The van der Waals surface area contributed by atoms with Crippen LogP contribution in [-0.2, 0) is 16.4 Å². The summed E-state index contributed by atoms with van der Waals surface area (Å²) >= 11 is 0. The first-order valence-corrected chi connectivity index (χ1v) is 11.0. The molecule has 1 aliphatic heterocycles. The summed E-state index contributed by atoms with van der Waals surface area (Å²) in [5.74, 6) is -0.434. The molecule has 6 heteroatoms. The Morgan fingerprint density at radius 2 is 1.67 bits per heavy atom. The van der Waals surface area contributed by atoms with Gasteiger partial charge in [0.15, 0.2) is 0 Å². The van der Waals surface area contributed by atoms with Gasteiger partial charge in [0.1, 0.15) is 5.82 Å². The first-order valence-electron chi connectivity index (χ1n) is 9.55. The zero-order valence-electron chi connectivity index (χ0n) is 15.7. The van der Waals surface area contributed by atoms with Crippen molar-refractivity contribution in [2.24, 2.45) is 0 Å². The molecule has 0 saturated carbocycles. The number of nitrogens with zero attached hydrogens (tertiary/aromatic N) is 1. The van der Waals surface area contributed by atoms with Crippen molar-refractivity contribution in [3.05, 3.63) is 59.4 Å². The SMILES string of the molecule is Cc1cc(F)ccc1S(=O)(=O)NCCc1ccc(N2CCCCCC2)cc1. The number of sulfonamides is 1. The Kier molecular flexibility index (Phi) is 6.50. The highest BCUT2D eigenvalue weighted by molar-refractivity contribution is 7.89. The molecular formula is C21H27FN2O2S. The van der Waals surface area contributed by atoms with Gasteiger partial charge in [0.2, 0.25) is 10.0 Å². The van der Waals surface area contributed by atoms with Gasteiger partial charge in [-0.05, 0) is 67.6 Å². The zero-order chi connectivity index (χ0) is 19.3. The molecule has 4 nitrogen and oxygen atoms in total. The van der Waals surface area contributed by atoms with E-state index < -0.39 is 15.8 Å². The first kappa shape index (κ1) is 19.8. The van der Waals surface area contributed by atoms with E-state index in [-0.39, 0.29) is 4.90 Å². The van der Waals surface area contributed by atoms with Crippen molar-refractivity contribution in [2.45, 2.75) is 43.9 Å². The van der Waals surface area contributed by atoms with Gasteiger partial charge in [-0.15, -0.1) is 0 Å². The lowest BCUT2D eigenvalue weighted by Crippen LogP contribution is -2.26. The summed E-state index contributed by atoms with van der Waals surface area (Å²) in [5, 5.41) is 0. The van der Waals surface area contributed by atoms with Crippen molar-refractivity contribution in [3.8, 4) is 0 Å². The van der Waals surface area contributed by atoms with Crippen LogP contribution < -0.4 is 9.62 Å². The summed E-state index contributed by atoms with van der Waals surface area (Å²) in [7, 11) is -3.63. The summed E-state index contributed by atoms with van der Waals surface area (Å²) in [4.78, 5) is 2.55. The molecule has 1 N–H and O–H groups in total. The minimum Gasteiger partial charge on any atom is -0.372 e. The quantitative estimate of drug-likeness (QED) is 0.810. The largest absolute Gasteiger partial charge is 0.372 e. The topological polar surface area (TPSA) is 49.4 Å². The average molecular weight is 391 g/mol.